The topological polar surface area (TPSA) is 105 Å². The van der Waals surface area contributed by atoms with Crippen molar-refractivity contribution in [2.45, 2.75) is 39.2 Å². The molecule has 2 amide bonds. The molecule has 2 heterocycles. The third-order valence-corrected chi connectivity index (χ3v) is 7.24. The lowest BCUT2D eigenvalue weighted by atomic mass is 10.2. The molecule has 1 atom stereocenters. The second kappa shape index (κ2) is 9.65. The summed E-state index contributed by atoms with van der Waals surface area (Å²) in [6, 6.07) is 4.38. The van der Waals surface area contributed by atoms with Gasteiger partial charge in [-0.1, -0.05) is 6.92 Å². The van der Waals surface area contributed by atoms with E-state index in [-0.39, 0.29) is 24.1 Å². The number of amides is 2. The number of ether oxygens (including phenoxy) is 2. The van der Waals surface area contributed by atoms with Gasteiger partial charge in [0.05, 0.1) is 12.3 Å². The Balaban J connectivity index is 1.64. The number of carbonyl (C=O) groups excluding carboxylic acids is 2. The van der Waals surface area contributed by atoms with Gasteiger partial charge in [0.15, 0.2) is 11.5 Å². The predicted molar refractivity (Wildman–Crippen MR) is 112 cm³/mol. The molecule has 1 saturated heterocycles. The van der Waals surface area contributed by atoms with Gasteiger partial charge >= 0.3 is 0 Å². The molecule has 0 bridgehead atoms. The van der Waals surface area contributed by atoms with E-state index in [1.807, 2.05) is 0 Å². The van der Waals surface area contributed by atoms with Crippen molar-refractivity contribution in [1.29, 1.82) is 0 Å². The van der Waals surface area contributed by atoms with Crippen LogP contribution in [-0.2, 0) is 19.6 Å². The molecule has 0 spiro atoms. The minimum atomic E-state index is -3.47. The van der Waals surface area contributed by atoms with Gasteiger partial charge in [0, 0.05) is 24.8 Å². The van der Waals surface area contributed by atoms with E-state index in [4.69, 9.17) is 9.47 Å². The number of anilines is 1. The molecule has 30 heavy (non-hydrogen) atoms. The summed E-state index contributed by atoms with van der Waals surface area (Å²) in [5.41, 5.74) is 0.542. The molecule has 10 heteroatoms. The summed E-state index contributed by atoms with van der Waals surface area (Å²) in [5.74, 6) is 0.521. The number of rotatable bonds is 8. The highest BCUT2D eigenvalue weighted by Crippen LogP contribution is 2.32. The normalized spacial score (nSPS) is 18.8. The zero-order valence-corrected chi connectivity index (χ0v) is 18.2. The van der Waals surface area contributed by atoms with Crippen LogP contribution in [0.5, 0.6) is 11.5 Å². The van der Waals surface area contributed by atoms with Gasteiger partial charge in [-0.15, -0.1) is 0 Å². The molecule has 3 rings (SSSR count). The predicted octanol–water partition coefficient (Wildman–Crippen LogP) is 1.45. The zero-order valence-electron chi connectivity index (χ0n) is 17.4. The Kier molecular flexibility index (Phi) is 7.19. The molecule has 1 fully saturated rings. The monoisotopic (exact) mass is 439 g/mol. The number of likely N-dealkylation sites (N-methyl/N-ethyl adjacent to an activating group) is 1. The number of nitrogens with one attached hydrogen (secondary N) is 1. The number of hydrogen-bond acceptors (Lipinski definition) is 6. The maximum atomic E-state index is 13.0. The second-order valence-electron chi connectivity index (χ2n) is 7.34. The molecule has 2 aliphatic rings. The minimum Gasteiger partial charge on any atom is -0.486 e. The Hall–Kier alpha value is -2.33. The molecule has 1 unspecified atom stereocenters. The number of benzene rings is 1. The van der Waals surface area contributed by atoms with Gasteiger partial charge in [-0.05, 0) is 38.3 Å². The van der Waals surface area contributed by atoms with Crippen LogP contribution in [0.3, 0.4) is 0 Å². The van der Waals surface area contributed by atoms with Gasteiger partial charge in [0.25, 0.3) is 0 Å². The Labute approximate surface area is 177 Å². The lowest BCUT2D eigenvalue weighted by Gasteiger charge is -2.28. The van der Waals surface area contributed by atoms with Crippen LogP contribution in [0, 0.1) is 0 Å². The summed E-state index contributed by atoms with van der Waals surface area (Å²) in [5, 5.41) is 2.76. The molecule has 0 aromatic heterocycles. The van der Waals surface area contributed by atoms with Crippen molar-refractivity contribution in [3.8, 4) is 11.5 Å². The fourth-order valence-electron chi connectivity index (χ4n) is 3.75. The highest BCUT2D eigenvalue weighted by molar-refractivity contribution is 7.89. The van der Waals surface area contributed by atoms with Gasteiger partial charge in [-0.2, -0.15) is 4.31 Å². The molecule has 1 N–H and O–H groups in total. The van der Waals surface area contributed by atoms with E-state index < -0.39 is 16.1 Å². The summed E-state index contributed by atoms with van der Waals surface area (Å²) in [6.07, 6.45) is 1.61. The Bertz CT molecular complexity index is 889. The molecule has 1 aromatic carbocycles. The molecule has 0 aliphatic carbocycles. The summed E-state index contributed by atoms with van der Waals surface area (Å²) < 4.78 is 37.3. The highest BCUT2D eigenvalue weighted by Gasteiger charge is 2.40. The van der Waals surface area contributed by atoms with Crippen molar-refractivity contribution < 1.29 is 27.5 Å². The summed E-state index contributed by atoms with van der Waals surface area (Å²) >= 11 is 0. The molecular weight excluding hydrogens is 410 g/mol. The second-order valence-corrected chi connectivity index (χ2v) is 9.38. The Morgan fingerprint density at radius 3 is 2.63 bits per heavy atom. The summed E-state index contributed by atoms with van der Waals surface area (Å²) in [6.45, 7) is 5.01. The van der Waals surface area contributed by atoms with E-state index in [0.29, 0.717) is 62.8 Å². The molecule has 2 aliphatic heterocycles. The van der Waals surface area contributed by atoms with E-state index in [9.17, 15) is 18.0 Å². The van der Waals surface area contributed by atoms with E-state index in [1.165, 1.54) is 9.21 Å². The molecule has 0 radical (unpaired) electrons. The molecule has 0 saturated carbocycles. The maximum absolute atomic E-state index is 13.0. The molecule has 1 aromatic rings. The average molecular weight is 440 g/mol. The minimum absolute atomic E-state index is 0.0213. The first-order valence-electron chi connectivity index (χ1n) is 10.3. The average Bonchev–Trinajstić information content (AvgIpc) is 3.22. The zero-order chi connectivity index (χ0) is 21.7. The molecular formula is C20H29N3O6S. The Morgan fingerprint density at radius 2 is 1.93 bits per heavy atom. The van der Waals surface area contributed by atoms with E-state index in [0.717, 1.165) is 0 Å². The van der Waals surface area contributed by atoms with Crippen LogP contribution in [0.15, 0.2) is 18.2 Å². The fraction of sp³-hybridized carbons (Fsp3) is 0.600. The molecule has 9 nitrogen and oxygen atoms in total. The van der Waals surface area contributed by atoms with Gasteiger partial charge in [0.1, 0.15) is 19.3 Å². The smallest absolute Gasteiger partial charge is 0.243 e. The lowest BCUT2D eigenvalue weighted by Crippen LogP contribution is -2.50. The largest absolute Gasteiger partial charge is 0.486 e. The SMILES string of the molecule is CCCS(=O)(=O)N1CCCC1C(=O)N(CC)CC(=O)Nc1ccc2c(c1)OCCO2. The van der Waals surface area contributed by atoms with E-state index in [1.54, 1.807) is 32.0 Å². The summed E-state index contributed by atoms with van der Waals surface area (Å²) in [4.78, 5) is 27.0. The Morgan fingerprint density at radius 1 is 1.20 bits per heavy atom. The van der Waals surface area contributed by atoms with Gasteiger partial charge in [-0.3, -0.25) is 9.59 Å². The van der Waals surface area contributed by atoms with Gasteiger partial charge in [0.2, 0.25) is 21.8 Å². The van der Waals surface area contributed by atoms with Gasteiger partial charge < -0.3 is 19.7 Å². The maximum Gasteiger partial charge on any atom is 0.243 e. The van der Waals surface area contributed by atoms with Crippen LogP contribution in [0.25, 0.3) is 0 Å². The fourth-order valence-corrected chi connectivity index (χ4v) is 5.49. The van der Waals surface area contributed by atoms with Crippen molar-refractivity contribution in [2.24, 2.45) is 0 Å². The highest BCUT2D eigenvalue weighted by atomic mass is 32.2. The van der Waals surface area contributed by atoms with E-state index >= 15 is 0 Å². The van der Waals surface area contributed by atoms with Crippen molar-refractivity contribution in [3.63, 3.8) is 0 Å². The van der Waals surface area contributed by atoms with Crippen molar-refractivity contribution >= 4 is 27.5 Å². The number of carbonyl (C=O) groups is 2. The van der Waals surface area contributed by atoms with Crippen LogP contribution in [0.2, 0.25) is 0 Å². The number of nitrogens with zero attached hydrogens (tertiary/aromatic N) is 2. The number of fused-ring (bicyclic) bond motifs is 1. The number of hydrogen-bond donors (Lipinski definition) is 1. The van der Waals surface area contributed by atoms with Crippen LogP contribution >= 0.6 is 0 Å². The quantitative estimate of drug-likeness (QED) is 0.657. The first kappa shape index (κ1) is 22.4. The standard InChI is InChI=1S/C20H29N3O6S/c1-3-12-30(26,27)23-9-5-6-16(23)20(25)22(4-2)14-19(24)21-15-7-8-17-18(13-15)29-11-10-28-17/h7-8,13,16H,3-6,9-12,14H2,1-2H3,(H,21,24). The van der Waals surface area contributed by atoms with Crippen LogP contribution < -0.4 is 14.8 Å². The van der Waals surface area contributed by atoms with Crippen LogP contribution in [-0.4, -0.2) is 74.1 Å². The first-order valence-corrected chi connectivity index (χ1v) is 11.9. The van der Waals surface area contributed by atoms with Crippen LogP contribution in [0.4, 0.5) is 5.69 Å². The van der Waals surface area contributed by atoms with Crippen molar-refractivity contribution in [3.05, 3.63) is 18.2 Å². The third-order valence-electron chi connectivity index (χ3n) is 5.16. The first-order chi connectivity index (χ1) is 14.4. The van der Waals surface area contributed by atoms with Gasteiger partial charge in [-0.25, -0.2) is 8.42 Å². The third kappa shape index (κ3) is 5.04. The lowest BCUT2D eigenvalue weighted by molar-refractivity contribution is -0.137. The summed E-state index contributed by atoms with van der Waals surface area (Å²) in [7, 11) is -3.47. The number of sulfonamides is 1. The van der Waals surface area contributed by atoms with Crippen molar-refractivity contribution in [2.75, 3.05) is 43.9 Å². The van der Waals surface area contributed by atoms with E-state index in [2.05, 4.69) is 5.32 Å². The molecule has 166 valence electrons. The van der Waals surface area contributed by atoms with Crippen molar-refractivity contribution in [1.82, 2.24) is 9.21 Å². The van der Waals surface area contributed by atoms with Crippen LogP contribution in [0.1, 0.15) is 33.1 Å².